The number of halogens is 1. The molecule has 150 valence electrons. The number of piperazine rings is 1. The molecule has 0 saturated carbocycles. The maximum Gasteiger partial charge on any atom is 0.321 e. The molecule has 10 heteroatoms. The predicted molar refractivity (Wildman–Crippen MR) is 97.2 cm³/mol. The summed E-state index contributed by atoms with van der Waals surface area (Å²) in [6.07, 6.45) is 1.78. The second kappa shape index (κ2) is 9.77. The van der Waals surface area contributed by atoms with Gasteiger partial charge in [0.1, 0.15) is 10.7 Å². The average Bonchev–Trinajstić information content (AvgIpc) is 2.62. The number of urea groups is 1. The van der Waals surface area contributed by atoms with Crippen LogP contribution in [0.4, 0.5) is 9.18 Å². The molecular formula is C17H26FN4O4S+. The Bertz CT molecular complexity index is 764. The Labute approximate surface area is 158 Å². The quantitative estimate of drug-likeness (QED) is 0.528. The van der Waals surface area contributed by atoms with Crippen LogP contribution in [0.1, 0.15) is 19.8 Å². The Balaban J connectivity index is 1.82. The van der Waals surface area contributed by atoms with Crippen LogP contribution in [-0.2, 0) is 14.8 Å². The molecule has 1 aromatic carbocycles. The number of quaternary nitrogens is 1. The molecule has 2 rings (SSSR count). The molecule has 1 aromatic rings. The van der Waals surface area contributed by atoms with E-state index in [2.05, 4.69) is 10.6 Å². The van der Waals surface area contributed by atoms with Crippen molar-refractivity contribution in [2.45, 2.75) is 24.7 Å². The number of benzene rings is 1. The summed E-state index contributed by atoms with van der Waals surface area (Å²) in [5, 5.41) is 4.87. The normalized spacial score (nSPS) is 16.1. The van der Waals surface area contributed by atoms with Crippen molar-refractivity contribution in [3.05, 3.63) is 30.1 Å². The van der Waals surface area contributed by atoms with Gasteiger partial charge in [-0.05, 0) is 18.6 Å². The van der Waals surface area contributed by atoms with Crippen molar-refractivity contribution >= 4 is 22.0 Å². The summed E-state index contributed by atoms with van der Waals surface area (Å²) in [5.41, 5.74) is 0. The molecule has 1 aliphatic rings. The molecule has 8 nitrogen and oxygen atoms in total. The van der Waals surface area contributed by atoms with Gasteiger partial charge >= 0.3 is 6.03 Å². The zero-order chi connectivity index (χ0) is 19.9. The Morgan fingerprint density at radius 3 is 2.52 bits per heavy atom. The third-order valence-electron chi connectivity index (χ3n) is 4.36. The lowest BCUT2D eigenvalue weighted by molar-refractivity contribution is -0.895. The van der Waals surface area contributed by atoms with Crippen molar-refractivity contribution in [2.24, 2.45) is 0 Å². The molecule has 0 radical (unpaired) electrons. The highest BCUT2D eigenvalue weighted by Crippen LogP contribution is 2.18. The number of hydrogen-bond acceptors (Lipinski definition) is 4. The van der Waals surface area contributed by atoms with Gasteiger partial charge in [0.05, 0.1) is 26.2 Å². The number of amides is 3. The van der Waals surface area contributed by atoms with Gasteiger partial charge in [-0.15, -0.1) is 0 Å². The van der Waals surface area contributed by atoms with Crippen LogP contribution >= 0.6 is 0 Å². The molecule has 3 amide bonds. The summed E-state index contributed by atoms with van der Waals surface area (Å²) in [6, 6.07) is 4.76. The number of carbonyl (C=O) groups is 2. The van der Waals surface area contributed by atoms with Crippen LogP contribution in [-0.4, -0.2) is 63.9 Å². The van der Waals surface area contributed by atoms with Crippen molar-refractivity contribution in [1.29, 1.82) is 0 Å². The first-order chi connectivity index (χ1) is 12.8. The van der Waals surface area contributed by atoms with E-state index >= 15 is 0 Å². The standard InChI is InChI=1S/C17H25FN4O4S/c1-2-3-8-19-17(24)20-16(23)13-21-9-11-22(12-10-21)27(25,26)15-7-5-4-6-14(15)18/h4-7H,2-3,8-13H2,1H3,(H2,19,20,23,24)/p+1. The van der Waals surface area contributed by atoms with Crippen LogP contribution in [0.2, 0.25) is 0 Å². The molecule has 1 fully saturated rings. The molecule has 3 N–H and O–H groups in total. The Morgan fingerprint density at radius 1 is 1.22 bits per heavy atom. The van der Waals surface area contributed by atoms with Gasteiger partial charge in [0, 0.05) is 6.54 Å². The van der Waals surface area contributed by atoms with E-state index in [1.165, 1.54) is 22.5 Å². The van der Waals surface area contributed by atoms with E-state index in [4.69, 9.17) is 0 Å². The molecule has 0 spiro atoms. The fourth-order valence-electron chi connectivity index (χ4n) is 2.83. The lowest BCUT2D eigenvalue weighted by Gasteiger charge is -2.31. The highest BCUT2D eigenvalue weighted by Gasteiger charge is 2.32. The van der Waals surface area contributed by atoms with Gasteiger partial charge in [0.25, 0.3) is 5.91 Å². The molecule has 27 heavy (non-hydrogen) atoms. The highest BCUT2D eigenvalue weighted by molar-refractivity contribution is 7.89. The van der Waals surface area contributed by atoms with Crippen LogP contribution < -0.4 is 15.5 Å². The Kier molecular flexibility index (Phi) is 7.69. The molecule has 0 bridgehead atoms. The van der Waals surface area contributed by atoms with E-state index in [9.17, 15) is 22.4 Å². The van der Waals surface area contributed by atoms with E-state index in [1.807, 2.05) is 6.92 Å². The van der Waals surface area contributed by atoms with E-state index in [-0.39, 0.29) is 24.5 Å². The summed E-state index contributed by atoms with van der Waals surface area (Å²) in [4.78, 5) is 24.0. The molecule has 0 atom stereocenters. The lowest BCUT2D eigenvalue weighted by Crippen LogP contribution is -3.15. The van der Waals surface area contributed by atoms with Gasteiger partial charge in [0.15, 0.2) is 6.54 Å². The second-order valence-corrected chi connectivity index (χ2v) is 8.33. The number of nitrogens with one attached hydrogen (secondary N) is 3. The first kappa shape index (κ1) is 21.3. The zero-order valence-electron chi connectivity index (χ0n) is 15.3. The smallest absolute Gasteiger partial charge is 0.321 e. The number of nitrogens with zero attached hydrogens (tertiary/aromatic N) is 1. The number of unbranched alkanes of at least 4 members (excludes halogenated alkanes) is 1. The third-order valence-corrected chi connectivity index (χ3v) is 6.30. The van der Waals surface area contributed by atoms with Crippen molar-refractivity contribution in [2.75, 3.05) is 39.3 Å². The minimum absolute atomic E-state index is 0.0782. The van der Waals surface area contributed by atoms with Crippen LogP contribution in [0, 0.1) is 5.82 Å². The topological polar surface area (TPSA) is 100 Å². The fourth-order valence-corrected chi connectivity index (χ4v) is 4.34. The molecule has 0 unspecified atom stereocenters. The fraction of sp³-hybridized carbons (Fsp3) is 0.529. The molecule has 1 aliphatic heterocycles. The van der Waals surface area contributed by atoms with Crippen LogP contribution in [0.3, 0.4) is 0 Å². The van der Waals surface area contributed by atoms with E-state index in [1.54, 1.807) is 0 Å². The van der Waals surface area contributed by atoms with Crippen molar-refractivity contribution in [1.82, 2.24) is 14.9 Å². The van der Waals surface area contributed by atoms with Crippen LogP contribution in [0.5, 0.6) is 0 Å². The predicted octanol–water partition coefficient (Wildman–Crippen LogP) is -0.659. The minimum atomic E-state index is -3.90. The van der Waals surface area contributed by atoms with E-state index < -0.39 is 27.8 Å². The Hall–Kier alpha value is -2.04. The molecule has 0 aliphatic carbocycles. The monoisotopic (exact) mass is 401 g/mol. The van der Waals surface area contributed by atoms with Gasteiger partial charge in [0.2, 0.25) is 10.0 Å². The highest BCUT2D eigenvalue weighted by atomic mass is 32.2. The summed E-state index contributed by atoms with van der Waals surface area (Å²) >= 11 is 0. The number of hydrogen-bond donors (Lipinski definition) is 3. The van der Waals surface area contributed by atoms with Crippen molar-refractivity contribution in [3.8, 4) is 0 Å². The maximum absolute atomic E-state index is 13.8. The minimum Gasteiger partial charge on any atom is -0.338 e. The largest absolute Gasteiger partial charge is 0.338 e. The van der Waals surface area contributed by atoms with Crippen molar-refractivity contribution < 1.29 is 27.3 Å². The van der Waals surface area contributed by atoms with E-state index in [0.29, 0.717) is 19.6 Å². The zero-order valence-corrected chi connectivity index (χ0v) is 16.1. The summed E-state index contributed by atoms with van der Waals surface area (Å²) in [7, 11) is -3.90. The second-order valence-electron chi connectivity index (χ2n) is 6.42. The molecule has 0 aromatic heterocycles. The van der Waals surface area contributed by atoms with Gasteiger partial charge in [-0.1, -0.05) is 25.5 Å². The summed E-state index contributed by atoms with van der Waals surface area (Å²) in [5.74, 6) is -1.19. The van der Waals surface area contributed by atoms with Crippen LogP contribution in [0.25, 0.3) is 0 Å². The number of rotatable bonds is 7. The van der Waals surface area contributed by atoms with Crippen LogP contribution in [0.15, 0.2) is 29.2 Å². The van der Waals surface area contributed by atoms with Gasteiger partial charge in [-0.25, -0.2) is 17.6 Å². The first-order valence-electron chi connectivity index (χ1n) is 9.00. The Morgan fingerprint density at radius 2 is 1.89 bits per heavy atom. The van der Waals surface area contributed by atoms with Crippen molar-refractivity contribution in [3.63, 3.8) is 0 Å². The lowest BCUT2D eigenvalue weighted by atomic mass is 10.3. The first-order valence-corrected chi connectivity index (χ1v) is 10.4. The third kappa shape index (κ3) is 5.98. The van der Waals surface area contributed by atoms with Gasteiger partial charge in [-0.3, -0.25) is 10.1 Å². The molecule has 1 saturated heterocycles. The molecule has 1 heterocycles. The number of sulfonamides is 1. The number of imide groups is 1. The number of carbonyl (C=O) groups excluding carboxylic acids is 2. The SMILES string of the molecule is CCCCNC(=O)NC(=O)C[NH+]1CCN(S(=O)(=O)c2ccccc2F)CC1. The van der Waals surface area contributed by atoms with Gasteiger partial charge in [-0.2, -0.15) is 4.31 Å². The van der Waals surface area contributed by atoms with Gasteiger partial charge < -0.3 is 10.2 Å². The average molecular weight is 401 g/mol. The summed E-state index contributed by atoms with van der Waals surface area (Å²) in [6.45, 7) is 3.75. The summed E-state index contributed by atoms with van der Waals surface area (Å²) < 4.78 is 40.2. The maximum atomic E-state index is 13.8. The van der Waals surface area contributed by atoms with E-state index in [0.717, 1.165) is 23.8 Å². The molecular weight excluding hydrogens is 375 g/mol.